The molecule has 19 heavy (non-hydrogen) atoms. The van der Waals surface area contributed by atoms with E-state index >= 15 is 0 Å². The Kier molecular flexibility index (Phi) is 6.17. The summed E-state index contributed by atoms with van der Waals surface area (Å²) >= 11 is 0. The van der Waals surface area contributed by atoms with Crippen molar-refractivity contribution in [3.8, 4) is 5.75 Å². The second-order valence-electron chi connectivity index (χ2n) is 3.99. The summed E-state index contributed by atoms with van der Waals surface area (Å²) in [6.45, 7) is 2.04. The molecule has 0 unspecified atom stereocenters. The summed E-state index contributed by atoms with van der Waals surface area (Å²) in [5, 5.41) is 0. The number of benzene rings is 1. The number of sulfonamides is 1. The predicted molar refractivity (Wildman–Crippen MR) is 68.6 cm³/mol. The number of rotatable bonds is 8. The van der Waals surface area contributed by atoms with Crippen LogP contribution in [-0.2, 0) is 10.0 Å². The van der Waals surface area contributed by atoms with Crippen molar-refractivity contribution in [3.63, 3.8) is 0 Å². The third-order valence-corrected chi connectivity index (χ3v) is 3.82. The number of nitrogens with one attached hydrogen (secondary N) is 1. The van der Waals surface area contributed by atoms with Gasteiger partial charge in [-0.1, -0.05) is 13.3 Å². The molecular formula is C12H17F2NO3S. The molecule has 108 valence electrons. The molecule has 0 aliphatic carbocycles. The van der Waals surface area contributed by atoms with Gasteiger partial charge in [-0.3, -0.25) is 0 Å². The number of halogens is 2. The van der Waals surface area contributed by atoms with Crippen molar-refractivity contribution in [2.24, 2.45) is 0 Å². The standard InChI is InChI=1S/C12H17F2NO3S/c1-2-3-8-19(16,17)15-6-7-18-10-4-5-11(13)12(14)9-10/h4-5,9,15H,2-3,6-8H2,1H3. The Balaban J connectivity index is 2.32. The molecule has 0 bridgehead atoms. The normalized spacial score (nSPS) is 11.5. The summed E-state index contributed by atoms with van der Waals surface area (Å²) < 4.78 is 55.8. The van der Waals surface area contributed by atoms with Gasteiger partial charge in [0.15, 0.2) is 11.6 Å². The van der Waals surface area contributed by atoms with Crippen LogP contribution < -0.4 is 9.46 Å². The zero-order chi connectivity index (χ0) is 14.3. The zero-order valence-corrected chi connectivity index (χ0v) is 11.5. The second kappa shape index (κ2) is 7.40. The first kappa shape index (κ1) is 15.8. The third kappa shape index (κ3) is 5.98. The summed E-state index contributed by atoms with van der Waals surface area (Å²) in [6.07, 6.45) is 1.39. The minimum Gasteiger partial charge on any atom is -0.492 e. The Morgan fingerprint density at radius 2 is 2.00 bits per heavy atom. The smallest absolute Gasteiger partial charge is 0.211 e. The summed E-state index contributed by atoms with van der Waals surface area (Å²) in [6, 6.07) is 3.15. The molecule has 0 saturated heterocycles. The minimum absolute atomic E-state index is 0.0520. The molecule has 1 N–H and O–H groups in total. The molecule has 0 heterocycles. The average molecular weight is 293 g/mol. The Hall–Kier alpha value is -1.21. The number of ether oxygens (including phenoxy) is 1. The van der Waals surface area contributed by atoms with E-state index in [1.165, 1.54) is 6.07 Å². The van der Waals surface area contributed by atoms with Gasteiger partial charge in [-0.15, -0.1) is 0 Å². The summed E-state index contributed by atoms with van der Waals surface area (Å²) in [5.41, 5.74) is 0. The lowest BCUT2D eigenvalue weighted by atomic mass is 10.3. The number of unbranched alkanes of at least 4 members (excludes halogenated alkanes) is 1. The van der Waals surface area contributed by atoms with E-state index in [2.05, 4.69) is 4.72 Å². The largest absolute Gasteiger partial charge is 0.492 e. The highest BCUT2D eigenvalue weighted by Gasteiger charge is 2.08. The highest BCUT2D eigenvalue weighted by molar-refractivity contribution is 7.89. The molecule has 0 atom stereocenters. The van der Waals surface area contributed by atoms with Crippen LogP contribution in [0.5, 0.6) is 5.75 Å². The molecule has 4 nitrogen and oxygen atoms in total. The molecule has 0 aliphatic rings. The summed E-state index contributed by atoms with van der Waals surface area (Å²) in [5.74, 6) is -1.71. The highest BCUT2D eigenvalue weighted by atomic mass is 32.2. The first-order valence-electron chi connectivity index (χ1n) is 6.00. The minimum atomic E-state index is -3.28. The van der Waals surface area contributed by atoms with Crippen molar-refractivity contribution in [3.05, 3.63) is 29.8 Å². The van der Waals surface area contributed by atoms with Gasteiger partial charge in [0.25, 0.3) is 0 Å². The first-order chi connectivity index (χ1) is 8.94. The lowest BCUT2D eigenvalue weighted by Gasteiger charge is -2.08. The molecule has 0 aromatic heterocycles. The Morgan fingerprint density at radius 3 is 2.63 bits per heavy atom. The molecule has 7 heteroatoms. The van der Waals surface area contributed by atoms with Crippen LogP contribution in [-0.4, -0.2) is 27.3 Å². The predicted octanol–water partition coefficient (Wildman–Crippen LogP) is 2.06. The van der Waals surface area contributed by atoms with Gasteiger partial charge in [0.1, 0.15) is 12.4 Å². The third-order valence-electron chi connectivity index (χ3n) is 2.35. The lowest BCUT2D eigenvalue weighted by molar-refractivity contribution is 0.319. The monoisotopic (exact) mass is 293 g/mol. The molecule has 1 aromatic carbocycles. The van der Waals surface area contributed by atoms with E-state index < -0.39 is 21.7 Å². The number of hydrogen-bond donors (Lipinski definition) is 1. The van der Waals surface area contributed by atoms with Gasteiger partial charge < -0.3 is 4.74 Å². The van der Waals surface area contributed by atoms with E-state index in [9.17, 15) is 17.2 Å². The molecule has 0 fully saturated rings. The van der Waals surface area contributed by atoms with E-state index in [4.69, 9.17) is 4.74 Å². The fourth-order valence-corrected chi connectivity index (χ4v) is 2.55. The van der Waals surface area contributed by atoms with Gasteiger partial charge in [0, 0.05) is 12.6 Å². The van der Waals surface area contributed by atoms with E-state index in [-0.39, 0.29) is 24.7 Å². The molecule has 0 aliphatic heterocycles. The fraction of sp³-hybridized carbons (Fsp3) is 0.500. The average Bonchev–Trinajstić information content (AvgIpc) is 2.36. The van der Waals surface area contributed by atoms with Crippen LogP contribution in [0.2, 0.25) is 0 Å². The van der Waals surface area contributed by atoms with Gasteiger partial charge >= 0.3 is 0 Å². The van der Waals surface area contributed by atoms with Crippen LogP contribution >= 0.6 is 0 Å². The van der Waals surface area contributed by atoms with Crippen LogP contribution in [0.25, 0.3) is 0 Å². The van der Waals surface area contributed by atoms with Crippen molar-refractivity contribution in [2.45, 2.75) is 19.8 Å². The maximum absolute atomic E-state index is 12.9. The van der Waals surface area contributed by atoms with Crippen LogP contribution in [0.4, 0.5) is 8.78 Å². The SMILES string of the molecule is CCCCS(=O)(=O)NCCOc1ccc(F)c(F)c1. The van der Waals surface area contributed by atoms with Gasteiger partial charge in [-0.2, -0.15) is 0 Å². The van der Waals surface area contributed by atoms with Crippen molar-refractivity contribution in [2.75, 3.05) is 18.9 Å². The molecule has 1 aromatic rings. The fourth-order valence-electron chi connectivity index (χ4n) is 1.34. The summed E-state index contributed by atoms with van der Waals surface area (Å²) in [4.78, 5) is 0. The molecule has 0 spiro atoms. The molecule has 1 rings (SSSR count). The van der Waals surface area contributed by atoms with Crippen molar-refractivity contribution in [1.29, 1.82) is 0 Å². The van der Waals surface area contributed by atoms with Gasteiger partial charge in [0.2, 0.25) is 10.0 Å². The van der Waals surface area contributed by atoms with Crippen LogP contribution in [0.1, 0.15) is 19.8 Å². The van der Waals surface area contributed by atoms with Gasteiger partial charge in [0.05, 0.1) is 5.75 Å². The van der Waals surface area contributed by atoms with Crippen LogP contribution in [0, 0.1) is 11.6 Å². The molecule has 0 saturated carbocycles. The van der Waals surface area contributed by atoms with Crippen molar-refractivity contribution in [1.82, 2.24) is 4.72 Å². The Labute approximate surface area is 111 Å². The molecular weight excluding hydrogens is 276 g/mol. The molecule has 0 amide bonds. The van der Waals surface area contributed by atoms with Crippen molar-refractivity contribution >= 4 is 10.0 Å². The Bertz CT molecular complexity index is 506. The van der Waals surface area contributed by atoms with Crippen molar-refractivity contribution < 1.29 is 21.9 Å². The van der Waals surface area contributed by atoms with Gasteiger partial charge in [-0.25, -0.2) is 21.9 Å². The summed E-state index contributed by atoms with van der Waals surface area (Å²) in [7, 11) is -3.28. The second-order valence-corrected chi connectivity index (χ2v) is 5.92. The zero-order valence-electron chi connectivity index (χ0n) is 10.7. The van der Waals surface area contributed by atoms with E-state index in [0.29, 0.717) is 6.42 Å². The van der Waals surface area contributed by atoms with Crippen LogP contribution in [0.3, 0.4) is 0 Å². The van der Waals surface area contributed by atoms with E-state index in [0.717, 1.165) is 18.6 Å². The lowest BCUT2D eigenvalue weighted by Crippen LogP contribution is -2.30. The van der Waals surface area contributed by atoms with Crippen LogP contribution in [0.15, 0.2) is 18.2 Å². The maximum atomic E-state index is 12.9. The topological polar surface area (TPSA) is 55.4 Å². The quantitative estimate of drug-likeness (QED) is 0.746. The Morgan fingerprint density at radius 1 is 1.26 bits per heavy atom. The molecule has 0 radical (unpaired) electrons. The maximum Gasteiger partial charge on any atom is 0.211 e. The number of hydrogen-bond acceptors (Lipinski definition) is 3. The van der Waals surface area contributed by atoms with E-state index in [1.54, 1.807) is 0 Å². The van der Waals surface area contributed by atoms with E-state index in [1.807, 2.05) is 6.92 Å². The highest BCUT2D eigenvalue weighted by Crippen LogP contribution is 2.14. The van der Waals surface area contributed by atoms with Gasteiger partial charge in [-0.05, 0) is 18.6 Å². The first-order valence-corrected chi connectivity index (χ1v) is 7.65.